The van der Waals surface area contributed by atoms with Crippen molar-refractivity contribution in [3.8, 4) is 0 Å². The summed E-state index contributed by atoms with van der Waals surface area (Å²) < 4.78 is 33.1. The topological polar surface area (TPSA) is 69.7 Å². The monoisotopic (exact) mass is 414 g/mol. The Bertz CT molecular complexity index is 583. The highest BCUT2D eigenvalue weighted by atomic mass is 79.9. The van der Waals surface area contributed by atoms with Crippen molar-refractivity contribution in [2.45, 2.75) is 13.5 Å². The summed E-state index contributed by atoms with van der Waals surface area (Å²) >= 11 is 6.50. The molecular formula is C11H12Br2O5S. The van der Waals surface area contributed by atoms with E-state index < -0.39 is 16.1 Å². The van der Waals surface area contributed by atoms with Gasteiger partial charge in [-0.2, -0.15) is 8.42 Å². The van der Waals surface area contributed by atoms with Gasteiger partial charge in [0.1, 0.15) is 0 Å². The van der Waals surface area contributed by atoms with E-state index in [1.165, 1.54) is 14.0 Å². The molecule has 19 heavy (non-hydrogen) atoms. The summed E-state index contributed by atoms with van der Waals surface area (Å²) in [5.74, 6) is -0.576. The number of ether oxygens (including phenoxy) is 1. The van der Waals surface area contributed by atoms with Crippen LogP contribution in [-0.4, -0.2) is 27.2 Å². The van der Waals surface area contributed by atoms with Crippen molar-refractivity contribution in [2.75, 3.05) is 12.9 Å². The van der Waals surface area contributed by atoms with E-state index in [9.17, 15) is 13.2 Å². The van der Waals surface area contributed by atoms with Gasteiger partial charge >= 0.3 is 5.97 Å². The highest BCUT2D eigenvalue weighted by Gasteiger charge is 2.15. The molecule has 0 aromatic heterocycles. The van der Waals surface area contributed by atoms with Gasteiger partial charge in [0, 0.05) is 8.95 Å². The maximum Gasteiger partial charge on any atom is 0.339 e. The Morgan fingerprint density at radius 1 is 1.26 bits per heavy atom. The molecule has 0 aliphatic heterocycles. The molecule has 0 saturated heterocycles. The van der Waals surface area contributed by atoms with E-state index in [0.29, 0.717) is 20.1 Å². The van der Waals surface area contributed by atoms with E-state index in [0.717, 1.165) is 0 Å². The van der Waals surface area contributed by atoms with E-state index in [1.807, 2.05) is 0 Å². The molecule has 0 radical (unpaired) electrons. The second-order valence-corrected chi connectivity index (χ2v) is 7.16. The molecule has 1 rings (SSSR count). The van der Waals surface area contributed by atoms with Gasteiger partial charge in [0.15, 0.2) is 0 Å². The van der Waals surface area contributed by atoms with Crippen molar-refractivity contribution in [3.63, 3.8) is 0 Å². The second-order valence-electron chi connectivity index (χ2n) is 3.52. The molecule has 5 nitrogen and oxygen atoms in total. The lowest BCUT2D eigenvalue weighted by Crippen LogP contribution is -2.09. The summed E-state index contributed by atoms with van der Waals surface area (Å²) in [5, 5.41) is 0. The lowest BCUT2D eigenvalue weighted by Gasteiger charge is -2.09. The Hall–Kier alpha value is -0.440. The van der Waals surface area contributed by atoms with Gasteiger partial charge in [-0.3, -0.25) is 4.18 Å². The molecule has 1 aromatic carbocycles. The molecule has 0 aliphatic carbocycles. The summed E-state index contributed by atoms with van der Waals surface area (Å²) in [4.78, 5) is 11.5. The Morgan fingerprint density at radius 3 is 2.42 bits per heavy atom. The quantitative estimate of drug-likeness (QED) is 0.546. The van der Waals surface area contributed by atoms with Crippen LogP contribution >= 0.6 is 31.9 Å². The number of esters is 1. The lowest BCUT2D eigenvalue weighted by molar-refractivity contribution is 0.0599. The summed E-state index contributed by atoms with van der Waals surface area (Å²) in [6.07, 6.45) is 0. The van der Waals surface area contributed by atoms with Crippen LogP contribution in [0.25, 0.3) is 0 Å². The fraction of sp³-hybridized carbons (Fsp3) is 0.364. The standard InChI is InChI=1S/C11H12Br2O5S/c1-3-19(15,16)18-6-7-4-10(13)8(5-9(7)12)11(14)17-2/h4-5H,3,6H2,1-2H3. The summed E-state index contributed by atoms with van der Waals surface area (Å²) in [6, 6.07) is 3.16. The zero-order chi connectivity index (χ0) is 14.6. The number of carbonyl (C=O) groups excluding carboxylic acids is 1. The van der Waals surface area contributed by atoms with Crippen LogP contribution in [0.4, 0.5) is 0 Å². The van der Waals surface area contributed by atoms with Gasteiger partial charge < -0.3 is 4.74 Å². The number of rotatable bonds is 5. The SMILES string of the molecule is CCS(=O)(=O)OCc1cc(Br)c(C(=O)OC)cc1Br. The summed E-state index contributed by atoms with van der Waals surface area (Å²) in [7, 11) is -2.22. The highest BCUT2D eigenvalue weighted by molar-refractivity contribution is 9.11. The molecule has 0 heterocycles. The molecular weight excluding hydrogens is 404 g/mol. The zero-order valence-electron chi connectivity index (χ0n) is 10.3. The van der Waals surface area contributed by atoms with Crippen molar-refractivity contribution in [1.82, 2.24) is 0 Å². The second kappa shape index (κ2) is 6.83. The molecule has 0 N–H and O–H groups in total. The number of carbonyl (C=O) groups is 1. The minimum atomic E-state index is -3.51. The third kappa shape index (κ3) is 4.55. The molecule has 0 saturated carbocycles. The predicted molar refractivity (Wildman–Crippen MR) is 77.4 cm³/mol. The average Bonchev–Trinajstić information content (AvgIpc) is 2.38. The van der Waals surface area contributed by atoms with E-state index in [1.54, 1.807) is 12.1 Å². The van der Waals surface area contributed by atoms with Gasteiger partial charge in [0.05, 0.1) is 25.0 Å². The Balaban J connectivity index is 3.00. The summed E-state index contributed by atoms with van der Waals surface area (Å²) in [5.41, 5.74) is 0.952. The van der Waals surface area contributed by atoms with Gasteiger partial charge in [-0.25, -0.2) is 4.79 Å². The van der Waals surface area contributed by atoms with Gasteiger partial charge in [0.2, 0.25) is 0 Å². The highest BCUT2D eigenvalue weighted by Crippen LogP contribution is 2.27. The number of benzene rings is 1. The largest absolute Gasteiger partial charge is 0.465 e. The van der Waals surface area contributed by atoms with Crippen molar-refractivity contribution in [2.24, 2.45) is 0 Å². The first kappa shape index (κ1) is 16.6. The van der Waals surface area contributed by atoms with Crippen LogP contribution in [0.3, 0.4) is 0 Å². The first-order valence-corrected chi connectivity index (χ1v) is 8.40. The maximum atomic E-state index is 11.5. The zero-order valence-corrected chi connectivity index (χ0v) is 14.3. The Kier molecular flexibility index (Phi) is 5.97. The van der Waals surface area contributed by atoms with Gasteiger partial charge in [-0.1, -0.05) is 15.9 Å². The van der Waals surface area contributed by atoms with Gasteiger partial charge in [-0.05, 0) is 40.5 Å². The minimum absolute atomic E-state index is 0.0912. The molecule has 0 amide bonds. The number of methoxy groups -OCH3 is 1. The van der Waals surface area contributed by atoms with Crippen LogP contribution < -0.4 is 0 Å². The molecule has 1 aromatic rings. The van der Waals surface area contributed by atoms with Gasteiger partial charge in [-0.15, -0.1) is 0 Å². The molecule has 8 heteroatoms. The van der Waals surface area contributed by atoms with Crippen LogP contribution in [0.2, 0.25) is 0 Å². The Labute approximate surface area is 128 Å². The minimum Gasteiger partial charge on any atom is -0.465 e. The lowest BCUT2D eigenvalue weighted by atomic mass is 10.1. The molecule has 0 atom stereocenters. The third-order valence-corrected chi connectivity index (χ3v) is 4.87. The molecule has 0 fully saturated rings. The number of halogens is 2. The van der Waals surface area contributed by atoms with E-state index in [2.05, 4.69) is 36.6 Å². The smallest absolute Gasteiger partial charge is 0.339 e. The molecule has 0 bridgehead atoms. The Morgan fingerprint density at radius 2 is 1.89 bits per heavy atom. The first-order chi connectivity index (χ1) is 8.80. The predicted octanol–water partition coefficient (Wildman–Crippen LogP) is 2.86. The first-order valence-electron chi connectivity index (χ1n) is 5.24. The average molecular weight is 416 g/mol. The maximum absolute atomic E-state index is 11.5. The number of hydrogen-bond donors (Lipinski definition) is 0. The van der Waals surface area contributed by atoms with Crippen molar-refractivity contribution >= 4 is 47.9 Å². The summed E-state index contributed by atoms with van der Waals surface area (Å²) in [6.45, 7) is 1.40. The number of hydrogen-bond acceptors (Lipinski definition) is 5. The van der Waals surface area contributed by atoms with Crippen molar-refractivity contribution < 1.29 is 22.1 Å². The van der Waals surface area contributed by atoms with Gasteiger partial charge in [0.25, 0.3) is 10.1 Å². The van der Waals surface area contributed by atoms with E-state index in [4.69, 9.17) is 4.18 Å². The van der Waals surface area contributed by atoms with Crippen LogP contribution in [-0.2, 0) is 25.6 Å². The van der Waals surface area contributed by atoms with Crippen LogP contribution in [0.1, 0.15) is 22.8 Å². The molecule has 106 valence electrons. The van der Waals surface area contributed by atoms with E-state index in [-0.39, 0.29) is 12.4 Å². The fourth-order valence-corrected chi connectivity index (χ4v) is 2.69. The van der Waals surface area contributed by atoms with Crippen molar-refractivity contribution in [3.05, 3.63) is 32.2 Å². The van der Waals surface area contributed by atoms with E-state index >= 15 is 0 Å². The normalized spacial score (nSPS) is 11.4. The third-order valence-electron chi connectivity index (χ3n) is 2.29. The fourth-order valence-electron chi connectivity index (χ4n) is 1.20. The van der Waals surface area contributed by atoms with Crippen LogP contribution in [0.15, 0.2) is 21.1 Å². The molecule has 0 unspecified atom stereocenters. The van der Waals surface area contributed by atoms with Crippen LogP contribution in [0.5, 0.6) is 0 Å². The molecule has 0 aliphatic rings. The van der Waals surface area contributed by atoms with Crippen LogP contribution in [0, 0.1) is 0 Å². The molecule has 0 spiro atoms. The van der Waals surface area contributed by atoms with Crippen molar-refractivity contribution in [1.29, 1.82) is 0 Å².